The molecular formula is C11H17N3OS. The van der Waals surface area contributed by atoms with Crippen molar-refractivity contribution in [2.75, 3.05) is 19.6 Å². The van der Waals surface area contributed by atoms with Gasteiger partial charge in [-0.15, -0.1) is 11.3 Å². The number of carbonyl (C=O) groups is 1. The second-order valence-corrected chi connectivity index (χ2v) is 4.68. The van der Waals surface area contributed by atoms with Crippen LogP contribution in [-0.2, 0) is 0 Å². The molecule has 2 heterocycles. The van der Waals surface area contributed by atoms with E-state index < -0.39 is 0 Å². The molecule has 5 heteroatoms. The molecule has 1 aromatic heterocycles. The molecule has 1 aliphatic rings. The average Bonchev–Trinajstić information content (AvgIpc) is 2.85. The smallest absolute Gasteiger partial charge is 0.273 e. The number of nitrogens with one attached hydrogen (secondary N) is 1. The predicted octanol–water partition coefficient (Wildman–Crippen LogP) is 1.36. The van der Waals surface area contributed by atoms with E-state index in [4.69, 9.17) is 0 Å². The maximum atomic E-state index is 12.2. The summed E-state index contributed by atoms with van der Waals surface area (Å²) in [4.78, 5) is 18.2. The molecule has 1 N–H and O–H groups in total. The lowest BCUT2D eigenvalue weighted by Crippen LogP contribution is -2.48. The third kappa shape index (κ3) is 2.41. The van der Waals surface area contributed by atoms with Crippen LogP contribution in [0.2, 0.25) is 0 Å². The second-order valence-electron chi connectivity index (χ2n) is 3.97. The Hall–Kier alpha value is -0.940. The summed E-state index contributed by atoms with van der Waals surface area (Å²) in [5.74, 6) is 0.0671. The molecule has 0 aliphatic carbocycles. The maximum Gasteiger partial charge on any atom is 0.273 e. The number of hydrogen-bond acceptors (Lipinski definition) is 4. The molecule has 1 unspecified atom stereocenters. The highest BCUT2D eigenvalue weighted by Gasteiger charge is 2.25. The molecule has 0 aromatic carbocycles. The zero-order chi connectivity index (χ0) is 11.4. The third-order valence-electron chi connectivity index (χ3n) is 2.96. The summed E-state index contributed by atoms with van der Waals surface area (Å²) < 4.78 is 0. The lowest BCUT2D eigenvalue weighted by Gasteiger charge is -2.33. The number of rotatable bonds is 3. The van der Waals surface area contributed by atoms with Crippen LogP contribution in [-0.4, -0.2) is 41.5 Å². The van der Waals surface area contributed by atoms with Crippen LogP contribution in [0.5, 0.6) is 0 Å². The fourth-order valence-corrected chi connectivity index (χ4v) is 2.66. The summed E-state index contributed by atoms with van der Waals surface area (Å²) in [6, 6.07) is 0.327. The van der Waals surface area contributed by atoms with Crippen molar-refractivity contribution < 1.29 is 4.79 Å². The molecule has 1 amide bonds. The first-order chi connectivity index (χ1) is 7.83. The molecular weight excluding hydrogens is 222 g/mol. The molecule has 0 bridgehead atoms. The van der Waals surface area contributed by atoms with Crippen LogP contribution in [0.4, 0.5) is 0 Å². The van der Waals surface area contributed by atoms with Crippen molar-refractivity contribution in [3.8, 4) is 0 Å². The van der Waals surface area contributed by atoms with Crippen LogP contribution in [0.25, 0.3) is 0 Å². The third-order valence-corrected chi connectivity index (χ3v) is 3.55. The minimum atomic E-state index is 0.0671. The highest BCUT2D eigenvalue weighted by Crippen LogP contribution is 2.14. The van der Waals surface area contributed by atoms with E-state index in [1.54, 1.807) is 5.51 Å². The van der Waals surface area contributed by atoms with Gasteiger partial charge < -0.3 is 10.2 Å². The summed E-state index contributed by atoms with van der Waals surface area (Å²) in [5.41, 5.74) is 2.29. The van der Waals surface area contributed by atoms with Gasteiger partial charge in [-0.05, 0) is 26.3 Å². The molecule has 1 aromatic rings. The molecule has 0 radical (unpaired) electrons. The van der Waals surface area contributed by atoms with Gasteiger partial charge in [0.2, 0.25) is 0 Å². The van der Waals surface area contributed by atoms with E-state index >= 15 is 0 Å². The quantitative estimate of drug-likeness (QED) is 0.866. The van der Waals surface area contributed by atoms with E-state index in [0.29, 0.717) is 11.7 Å². The van der Waals surface area contributed by atoms with Gasteiger partial charge in [0, 0.05) is 24.5 Å². The van der Waals surface area contributed by atoms with E-state index in [2.05, 4.69) is 10.3 Å². The lowest BCUT2D eigenvalue weighted by atomic mass is 10.1. The lowest BCUT2D eigenvalue weighted by molar-refractivity contribution is 0.0657. The molecule has 1 aliphatic heterocycles. The van der Waals surface area contributed by atoms with Crippen molar-refractivity contribution in [1.29, 1.82) is 0 Å². The van der Waals surface area contributed by atoms with Gasteiger partial charge in [-0.3, -0.25) is 4.79 Å². The zero-order valence-corrected chi connectivity index (χ0v) is 10.3. The Morgan fingerprint density at radius 3 is 3.19 bits per heavy atom. The van der Waals surface area contributed by atoms with E-state index in [1.807, 2.05) is 17.2 Å². The topological polar surface area (TPSA) is 45.2 Å². The number of hydrogen-bond donors (Lipinski definition) is 1. The molecule has 2 rings (SSSR count). The van der Waals surface area contributed by atoms with Crippen LogP contribution in [0, 0.1) is 0 Å². The van der Waals surface area contributed by atoms with E-state index in [-0.39, 0.29) is 5.91 Å². The standard InChI is InChI=1S/C11H17N3OS/c1-2-14(9-4-3-5-12-6-9)11(15)10-7-16-8-13-10/h7-9,12H,2-6H2,1H3. The van der Waals surface area contributed by atoms with Crippen molar-refractivity contribution in [2.24, 2.45) is 0 Å². The fraction of sp³-hybridized carbons (Fsp3) is 0.636. The number of carbonyl (C=O) groups excluding carboxylic acids is 1. The molecule has 0 spiro atoms. The molecule has 88 valence electrons. The van der Waals surface area contributed by atoms with Gasteiger partial charge in [-0.25, -0.2) is 4.98 Å². The van der Waals surface area contributed by atoms with Crippen LogP contribution < -0.4 is 5.32 Å². The largest absolute Gasteiger partial charge is 0.333 e. The van der Waals surface area contributed by atoms with Crippen molar-refractivity contribution >= 4 is 17.2 Å². The minimum absolute atomic E-state index is 0.0671. The highest BCUT2D eigenvalue weighted by atomic mass is 32.1. The van der Waals surface area contributed by atoms with Gasteiger partial charge in [-0.2, -0.15) is 0 Å². The van der Waals surface area contributed by atoms with E-state index in [0.717, 1.165) is 32.5 Å². The Labute approximate surface area is 99.7 Å². The normalized spacial score (nSPS) is 20.7. The van der Waals surface area contributed by atoms with Gasteiger partial charge in [0.15, 0.2) is 0 Å². The molecule has 4 nitrogen and oxygen atoms in total. The SMILES string of the molecule is CCN(C(=O)c1cscn1)C1CCCNC1. The number of amides is 1. The number of nitrogens with zero attached hydrogens (tertiary/aromatic N) is 2. The van der Waals surface area contributed by atoms with Crippen molar-refractivity contribution in [1.82, 2.24) is 15.2 Å². The molecule has 0 saturated carbocycles. The number of aromatic nitrogens is 1. The average molecular weight is 239 g/mol. The van der Waals surface area contributed by atoms with Crippen LogP contribution >= 0.6 is 11.3 Å². The minimum Gasteiger partial charge on any atom is -0.333 e. The number of thiazole rings is 1. The highest BCUT2D eigenvalue weighted by molar-refractivity contribution is 7.07. The van der Waals surface area contributed by atoms with Gasteiger partial charge >= 0.3 is 0 Å². The maximum absolute atomic E-state index is 12.2. The Morgan fingerprint density at radius 2 is 2.62 bits per heavy atom. The van der Waals surface area contributed by atoms with Gasteiger partial charge in [0.1, 0.15) is 5.69 Å². The summed E-state index contributed by atoms with van der Waals surface area (Å²) in [7, 11) is 0. The van der Waals surface area contributed by atoms with Crippen LogP contribution in [0.3, 0.4) is 0 Å². The van der Waals surface area contributed by atoms with Crippen molar-refractivity contribution in [2.45, 2.75) is 25.8 Å². The second kappa shape index (κ2) is 5.41. The first-order valence-corrected chi connectivity index (χ1v) is 6.67. The molecule has 1 atom stereocenters. The summed E-state index contributed by atoms with van der Waals surface area (Å²) in [6.45, 7) is 4.75. The predicted molar refractivity (Wildman–Crippen MR) is 64.7 cm³/mol. The van der Waals surface area contributed by atoms with E-state index in [9.17, 15) is 4.79 Å². The molecule has 1 saturated heterocycles. The molecule has 1 fully saturated rings. The fourth-order valence-electron chi connectivity index (χ4n) is 2.13. The summed E-state index contributed by atoms with van der Waals surface area (Å²) in [5, 5.41) is 5.16. The van der Waals surface area contributed by atoms with Crippen molar-refractivity contribution in [3.63, 3.8) is 0 Å². The summed E-state index contributed by atoms with van der Waals surface area (Å²) in [6.07, 6.45) is 2.24. The first-order valence-electron chi connectivity index (χ1n) is 5.72. The first kappa shape index (κ1) is 11.5. The van der Waals surface area contributed by atoms with Gasteiger partial charge in [0.25, 0.3) is 5.91 Å². The Morgan fingerprint density at radius 1 is 1.75 bits per heavy atom. The van der Waals surface area contributed by atoms with Crippen molar-refractivity contribution in [3.05, 3.63) is 16.6 Å². The monoisotopic (exact) mass is 239 g/mol. The van der Waals surface area contributed by atoms with E-state index in [1.165, 1.54) is 11.3 Å². The number of likely N-dealkylation sites (N-methyl/N-ethyl adjacent to an activating group) is 1. The Kier molecular flexibility index (Phi) is 3.90. The van der Waals surface area contributed by atoms with Gasteiger partial charge in [0.05, 0.1) is 5.51 Å². The zero-order valence-electron chi connectivity index (χ0n) is 9.48. The number of piperidine rings is 1. The Bertz CT molecular complexity index is 333. The summed E-state index contributed by atoms with van der Waals surface area (Å²) >= 11 is 1.47. The van der Waals surface area contributed by atoms with Crippen LogP contribution in [0.15, 0.2) is 10.9 Å². The Balaban J connectivity index is 2.06. The van der Waals surface area contributed by atoms with Gasteiger partial charge in [-0.1, -0.05) is 0 Å². The molecule has 16 heavy (non-hydrogen) atoms. The van der Waals surface area contributed by atoms with Crippen LogP contribution in [0.1, 0.15) is 30.3 Å².